The molecule has 3 N–H and O–H groups in total. The van der Waals surface area contributed by atoms with Gasteiger partial charge in [-0.1, -0.05) is 0 Å². The summed E-state index contributed by atoms with van der Waals surface area (Å²) in [7, 11) is -3.80. The van der Waals surface area contributed by atoms with Crippen molar-refractivity contribution in [3.05, 3.63) is 54.3 Å². The maximum Gasteiger partial charge on any atom is 0.321 e. The predicted octanol–water partition coefficient (Wildman–Crippen LogP) is 2.09. The standard InChI is InChI=1S/C22H24FNO9S/c1-22(2,21(28)29)19(20(26)27)24-13-18(25)32-11-12-34(30,31)17-9-7-16(8-10-17)33-15-5-3-14(23)4-6-15/h3-10,19,24H,11-13H2,1-2H3,(H,26,27)(H,28,29)/t19-/m0/s1. The Kier molecular flexibility index (Phi) is 8.71. The summed E-state index contributed by atoms with van der Waals surface area (Å²) in [5, 5.41) is 20.7. The van der Waals surface area contributed by atoms with Crippen molar-refractivity contribution in [2.24, 2.45) is 5.41 Å². The molecule has 0 aromatic heterocycles. The van der Waals surface area contributed by atoms with Crippen LogP contribution in [-0.4, -0.2) is 61.5 Å². The molecule has 1 atom stereocenters. The van der Waals surface area contributed by atoms with Gasteiger partial charge in [-0.05, 0) is 62.4 Å². The molecule has 0 unspecified atom stereocenters. The molecule has 0 aliphatic carbocycles. The number of rotatable bonds is 12. The van der Waals surface area contributed by atoms with Crippen LogP contribution in [0.1, 0.15) is 13.8 Å². The van der Waals surface area contributed by atoms with E-state index in [1.54, 1.807) is 0 Å². The second-order valence-corrected chi connectivity index (χ2v) is 9.85. The van der Waals surface area contributed by atoms with Gasteiger partial charge < -0.3 is 19.7 Å². The lowest BCUT2D eigenvalue weighted by atomic mass is 9.84. The summed E-state index contributed by atoms with van der Waals surface area (Å²) in [6, 6.07) is 9.17. The van der Waals surface area contributed by atoms with Crippen LogP contribution in [0.25, 0.3) is 0 Å². The molecule has 0 radical (unpaired) electrons. The normalized spacial score (nSPS) is 12.6. The van der Waals surface area contributed by atoms with E-state index in [-0.39, 0.29) is 4.90 Å². The van der Waals surface area contributed by atoms with Gasteiger partial charge in [-0.15, -0.1) is 0 Å². The molecule has 0 saturated heterocycles. The van der Waals surface area contributed by atoms with E-state index < -0.39 is 63.9 Å². The first-order valence-corrected chi connectivity index (χ1v) is 11.6. The maximum atomic E-state index is 12.9. The summed E-state index contributed by atoms with van der Waals surface area (Å²) in [6.07, 6.45) is 0. The lowest BCUT2D eigenvalue weighted by Gasteiger charge is -2.27. The van der Waals surface area contributed by atoms with Crippen molar-refractivity contribution in [1.29, 1.82) is 0 Å². The number of hydrogen-bond acceptors (Lipinski definition) is 8. The molecular formula is C22H24FNO9S. The van der Waals surface area contributed by atoms with Crippen molar-refractivity contribution in [2.45, 2.75) is 24.8 Å². The van der Waals surface area contributed by atoms with Gasteiger partial charge in [0.15, 0.2) is 9.84 Å². The number of carbonyl (C=O) groups is 3. The SMILES string of the molecule is CC(C)(C(=O)O)[C@@H](NCC(=O)OCCS(=O)(=O)c1ccc(Oc2ccc(F)cc2)cc1)C(=O)O. The second-order valence-electron chi connectivity index (χ2n) is 7.75. The Balaban J connectivity index is 1.87. The molecule has 0 fully saturated rings. The minimum Gasteiger partial charge on any atom is -0.481 e. The average Bonchev–Trinajstić information content (AvgIpc) is 2.75. The van der Waals surface area contributed by atoms with Crippen LogP contribution in [0.2, 0.25) is 0 Å². The van der Waals surface area contributed by atoms with Gasteiger partial charge in [0.25, 0.3) is 0 Å². The zero-order valence-corrected chi connectivity index (χ0v) is 19.2. The molecule has 0 saturated carbocycles. The van der Waals surface area contributed by atoms with Crippen molar-refractivity contribution in [3.63, 3.8) is 0 Å². The molecule has 0 aliphatic heterocycles. The first-order chi connectivity index (χ1) is 15.8. The molecule has 10 nitrogen and oxygen atoms in total. The van der Waals surface area contributed by atoms with Crippen LogP contribution in [0.3, 0.4) is 0 Å². The van der Waals surface area contributed by atoms with Crippen LogP contribution in [-0.2, 0) is 29.0 Å². The van der Waals surface area contributed by atoms with Crippen molar-refractivity contribution in [1.82, 2.24) is 5.32 Å². The third kappa shape index (κ3) is 7.25. The summed E-state index contributed by atoms with van der Waals surface area (Å²) in [5.41, 5.74) is -1.71. The molecule has 0 spiro atoms. The maximum absolute atomic E-state index is 12.9. The number of halogens is 1. The van der Waals surface area contributed by atoms with Gasteiger partial charge in [-0.3, -0.25) is 19.7 Å². The monoisotopic (exact) mass is 497 g/mol. The molecule has 2 aromatic rings. The number of benzene rings is 2. The topological polar surface area (TPSA) is 156 Å². The molecule has 2 rings (SSSR count). The van der Waals surface area contributed by atoms with Crippen LogP contribution in [0.4, 0.5) is 4.39 Å². The number of carboxylic acid groups (broad SMARTS) is 2. The number of carboxylic acids is 2. The zero-order valence-electron chi connectivity index (χ0n) is 18.4. The summed E-state index contributed by atoms with van der Waals surface area (Å²) < 4.78 is 48.2. The number of aliphatic carboxylic acids is 2. The lowest BCUT2D eigenvalue weighted by Crippen LogP contribution is -2.53. The van der Waals surface area contributed by atoms with E-state index in [0.717, 1.165) is 0 Å². The highest BCUT2D eigenvalue weighted by atomic mass is 32.2. The van der Waals surface area contributed by atoms with Crippen LogP contribution in [0, 0.1) is 11.2 Å². The van der Waals surface area contributed by atoms with Crippen molar-refractivity contribution in [3.8, 4) is 11.5 Å². The van der Waals surface area contributed by atoms with E-state index in [4.69, 9.17) is 14.6 Å². The molecular weight excluding hydrogens is 473 g/mol. The third-order valence-electron chi connectivity index (χ3n) is 4.82. The third-order valence-corrected chi connectivity index (χ3v) is 6.51. The van der Waals surface area contributed by atoms with E-state index in [0.29, 0.717) is 11.5 Å². The fraction of sp³-hybridized carbons (Fsp3) is 0.318. The van der Waals surface area contributed by atoms with Crippen LogP contribution >= 0.6 is 0 Å². The van der Waals surface area contributed by atoms with Gasteiger partial charge in [0.2, 0.25) is 0 Å². The Labute approximate surface area is 195 Å². The number of esters is 1. The van der Waals surface area contributed by atoms with Crippen LogP contribution in [0.15, 0.2) is 53.4 Å². The minimum absolute atomic E-state index is 0.0396. The molecule has 0 aliphatic rings. The highest BCUT2D eigenvalue weighted by Crippen LogP contribution is 2.24. The highest BCUT2D eigenvalue weighted by molar-refractivity contribution is 7.91. The van der Waals surface area contributed by atoms with E-state index in [1.807, 2.05) is 0 Å². The largest absolute Gasteiger partial charge is 0.481 e. The molecule has 34 heavy (non-hydrogen) atoms. The Morgan fingerprint density at radius 1 is 1.00 bits per heavy atom. The number of hydrogen-bond donors (Lipinski definition) is 3. The number of carbonyl (C=O) groups excluding carboxylic acids is 1. The molecule has 0 amide bonds. The predicted molar refractivity (Wildman–Crippen MR) is 117 cm³/mol. The van der Waals surface area contributed by atoms with Crippen molar-refractivity contribution >= 4 is 27.7 Å². The summed E-state index contributed by atoms with van der Waals surface area (Å²) in [4.78, 5) is 34.4. The van der Waals surface area contributed by atoms with E-state index in [9.17, 15) is 32.3 Å². The van der Waals surface area contributed by atoms with E-state index >= 15 is 0 Å². The van der Waals surface area contributed by atoms with Crippen molar-refractivity contribution in [2.75, 3.05) is 18.9 Å². The van der Waals surface area contributed by atoms with Gasteiger partial charge in [-0.2, -0.15) is 0 Å². The van der Waals surface area contributed by atoms with E-state index in [1.165, 1.54) is 62.4 Å². The quantitative estimate of drug-likeness (QED) is 0.371. The van der Waals surface area contributed by atoms with Gasteiger partial charge in [0.05, 0.1) is 22.6 Å². The minimum atomic E-state index is -3.80. The molecule has 2 aromatic carbocycles. The number of nitrogens with one attached hydrogen (secondary N) is 1. The fourth-order valence-corrected chi connectivity index (χ4v) is 3.84. The smallest absolute Gasteiger partial charge is 0.321 e. The van der Waals surface area contributed by atoms with Crippen LogP contribution < -0.4 is 10.1 Å². The molecule has 0 heterocycles. The summed E-state index contributed by atoms with van der Waals surface area (Å²) in [5.74, 6) is -4.02. The Morgan fingerprint density at radius 2 is 1.53 bits per heavy atom. The lowest BCUT2D eigenvalue weighted by molar-refractivity contribution is -0.157. The molecule has 12 heteroatoms. The van der Waals surface area contributed by atoms with Gasteiger partial charge in [0.1, 0.15) is 30.0 Å². The Morgan fingerprint density at radius 3 is 2.03 bits per heavy atom. The zero-order chi connectivity index (χ0) is 25.5. The van der Waals surface area contributed by atoms with E-state index in [2.05, 4.69) is 5.32 Å². The summed E-state index contributed by atoms with van der Waals surface area (Å²) >= 11 is 0. The molecule has 184 valence electrons. The Bertz CT molecular complexity index is 1130. The fourth-order valence-electron chi connectivity index (χ4n) is 2.75. The second kappa shape index (κ2) is 11.1. The first kappa shape index (κ1) is 26.7. The van der Waals surface area contributed by atoms with Gasteiger partial charge in [0, 0.05) is 0 Å². The number of sulfone groups is 1. The average molecular weight is 497 g/mol. The molecule has 0 bridgehead atoms. The Hall–Kier alpha value is -3.51. The van der Waals surface area contributed by atoms with Crippen LogP contribution in [0.5, 0.6) is 11.5 Å². The number of ether oxygens (including phenoxy) is 2. The highest BCUT2D eigenvalue weighted by Gasteiger charge is 2.41. The summed E-state index contributed by atoms with van der Waals surface area (Å²) in [6.45, 7) is 1.27. The van der Waals surface area contributed by atoms with Crippen molar-refractivity contribution < 1.29 is 46.9 Å². The first-order valence-electron chi connectivity index (χ1n) is 9.94. The van der Waals surface area contributed by atoms with Gasteiger partial charge in [-0.25, -0.2) is 12.8 Å². The van der Waals surface area contributed by atoms with Gasteiger partial charge >= 0.3 is 17.9 Å².